The summed E-state index contributed by atoms with van der Waals surface area (Å²) >= 11 is 0. The molecule has 0 saturated carbocycles. The lowest BCUT2D eigenvalue weighted by atomic mass is 10.00. The summed E-state index contributed by atoms with van der Waals surface area (Å²) in [6, 6.07) is 0. The van der Waals surface area contributed by atoms with Crippen molar-refractivity contribution >= 4 is 0 Å². The molecule has 0 spiro atoms. The topological polar surface area (TPSA) is 68.2 Å². The van der Waals surface area contributed by atoms with Crippen LogP contribution in [0.25, 0.3) is 0 Å². The van der Waals surface area contributed by atoms with Gasteiger partial charge in [0.2, 0.25) is 0 Å². The van der Waals surface area contributed by atoms with Crippen LogP contribution in [-0.4, -0.2) is 55.1 Å². The average molecular weight is 192 g/mol. The zero-order valence-corrected chi connectivity index (χ0v) is 8.01. The molecule has 5 atom stereocenters. The van der Waals surface area contributed by atoms with E-state index < -0.39 is 18.5 Å². The first kappa shape index (κ1) is 10.9. The summed E-state index contributed by atoms with van der Waals surface area (Å²) in [6.45, 7) is 1.76. The smallest absolute Gasteiger partial charge is 0.183 e. The molecular formula is C8H16O5. The van der Waals surface area contributed by atoms with Gasteiger partial charge in [0.25, 0.3) is 0 Å². The van der Waals surface area contributed by atoms with E-state index in [0.717, 1.165) is 0 Å². The van der Waals surface area contributed by atoms with Crippen LogP contribution in [0.5, 0.6) is 0 Å². The lowest BCUT2D eigenvalue weighted by Crippen LogP contribution is -2.57. The molecule has 1 rings (SSSR count). The third-order valence-corrected chi connectivity index (χ3v) is 2.31. The van der Waals surface area contributed by atoms with Gasteiger partial charge in [0.05, 0.1) is 6.10 Å². The van der Waals surface area contributed by atoms with E-state index in [1.165, 1.54) is 14.2 Å². The number of methoxy groups -OCH3 is 2. The molecule has 1 unspecified atom stereocenters. The summed E-state index contributed by atoms with van der Waals surface area (Å²) in [7, 11) is 2.98. The van der Waals surface area contributed by atoms with Gasteiger partial charge in [-0.05, 0) is 6.92 Å². The van der Waals surface area contributed by atoms with Crippen LogP contribution in [0.2, 0.25) is 0 Å². The van der Waals surface area contributed by atoms with E-state index in [0.29, 0.717) is 0 Å². The Balaban J connectivity index is 2.71. The van der Waals surface area contributed by atoms with E-state index in [4.69, 9.17) is 14.2 Å². The van der Waals surface area contributed by atoms with E-state index in [-0.39, 0.29) is 12.2 Å². The molecule has 0 aliphatic carbocycles. The number of aliphatic hydroxyl groups is 2. The van der Waals surface area contributed by atoms with Crippen LogP contribution in [0.1, 0.15) is 6.92 Å². The van der Waals surface area contributed by atoms with Crippen molar-refractivity contribution in [2.75, 3.05) is 14.2 Å². The molecule has 5 nitrogen and oxygen atoms in total. The second-order valence-corrected chi connectivity index (χ2v) is 3.12. The highest BCUT2D eigenvalue weighted by Gasteiger charge is 2.43. The van der Waals surface area contributed by atoms with Crippen LogP contribution in [0.3, 0.4) is 0 Å². The van der Waals surface area contributed by atoms with Crippen LogP contribution in [0, 0.1) is 0 Å². The third kappa shape index (κ3) is 2.00. The summed E-state index contributed by atoms with van der Waals surface area (Å²) in [5, 5.41) is 18.7. The van der Waals surface area contributed by atoms with Crippen LogP contribution in [0.4, 0.5) is 0 Å². The number of aliphatic hydroxyl groups excluding tert-OH is 2. The second kappa shape index (κ2) is 4.34. The predicted octanol–water partition coefficient (Wildman–Crippen LogP) is -0.886. The van der Waals surface area contributed by atoms with Crippen LogP contribution in [0.15, 0.2) is 0 Å². The van der Waals surface area contributed by atoms with Gasteiger partial charge in [-0.2, -0.15) is 0 Å². The normalized spacial score (nSPS) is 46.4. The van der Waals surface area contributed by atoms with Gasteiger partial charge in [0.1, 0.15) is 18.3 Å². The summed E-state index contributed by atoms with van der Waals surface area (Å²) in [5.41, 5.74) is 0. The molecule has 0 amide bonds. The van der Waals surface area contributed by atoms with E-state index in [2.05, 4.69) is 0 Å². The first-order valence-electron chi connectivity index (χ1n) is 4.19. The number of rotatable bonds is 2. The Morgan fingerprint density at radius 2 is 1.62 bits per heavy atom. The van der Waals surface area contributed by atoms with E-state index in [1.54, 1.807) is 6.92 Å². The molecule has 1 fully saturated rings. The van der Waals surface area contributed by atoms with Crippen LogP contribution >= 0.6 is 0 Å². The second-order valence-electron chi connectivity index (χ2n) is 3.12. The molecule has 1 saturated heterocycles. The van der Waals surface area contributed by atoms with Crippen molar-refractivity contribution < 1.29 is 24.4 Å². The maximum Gasteiger partial charge on any atom is 0.183 e. The monoisotopic (exact) mass is 192 g/mol. The lowest BCUT2D eigenvalue weighted by Gasteiger charge is -2.40. The SMILES string of the molecule is CO[C@@H]1[C@H](OC)[C@@H](C)OC(O)[C@@H]1O. The van der Waals surface area contributed by atoms with Gasteiger partial charge in [-0.25, -0.2) is 0 Å². The van der Waals surface area contributed by atoms with Gasteiger partial charge in [0.15, 0.2) is 6.29 Å². The highest BCUT2D eigenvalue weighted by atomic mass is 16.7. The van der Waals surface area contributed by atoms with Crippen molar-refractivity contribution in [3.63, 3.8) is 0 Å². The molecule has 0 bridgehead atoms. The first-order chi connectivity index (χ1) is 6.11. The zero-order valence-electron chi connectivity index (χ0n) is 8.01. The van der Waals surface area contributed by atoms with E-state index >= 15 is 0 Å². The van der Waals surface area contributed by atoms with Gasteiger partial charge < -0.3 is 24.4 Å². The minimum absolute atomic E-state index is 0.298. The largest absolute Gasteiger partial charge is 0.385 e. The Bertz CT molecular complexity index is 163. The molecule has 1 heterocycles. The zero-order chi connectivity index (χ0) is 10.0. The molecular weight excluding hydrogens is 176 g/mol. The summed E-state index contributed by atoms with van der Waals surface area (Å²) in [4.78, 5) is 0. The third-order valence-electron chi connectivity index (χ3n) is 2.31. The maximum absolute atomic E-state index is 9.48. The van der Waals surface area contributed by atoms with Crippen molar-refractivity contribution in [1.29, 1.82) is 0 Å². The molecule has 2 N–H and O–H groups in total. The Labute approximate surface area is 77.2 Å². The minimum atomic E-state index is -1.20. The van der Waals surface area contributed by atoms with Gasteiger partial charge in [-0.3, -0.25) is 0 Å². The van der Waals surface area contributed by atoms with Gasteiger partial charge in [-0.1, -0.05) is 0 Å². The fraction of sp³-hybridized carbons (Fsp3) is 1.00. The highest BCUT2D eigenvalue weighted by molar-refractivity contribution is 4.88. The van der Waals surface area contributed by atoms with Gasteiger partial charge >= 0.3 is 0 Å². The Morgan fingerprint density at radius 1 is 1.08 bits per heavy atom. The highest BCUT2D eigenvalue weighted by Crippen LogP contribution is 2.23. The van der Waals surface area contributed by atoms with Crippen LogP contribution in [-0.2, 0) is 14.2 Å². The van der Waals surface area contributed by atoms with Crippen molar-refractivity contribution in [3.05, 3.63) is 0 Å². The van der Waals surface area contributed by atoms with Crippen molar-refractivity contribution in [1.82, 2.24) is 0 Å². The summed E-state index contributed by atoms with van der Waals surface area (Å²) < 4.78 is 15.2. The average Bonchev–Trinajstić information content (AvgIpc) is 2.10. The molecule has 5 heteroatoms. The number of hydrogen-bond acceptors (Lipinski definition) is 5. The maximum atomic E-state index is 9.48. The van der Waals surface area contributed by atoms with E-state index in [9.17, 15) is 10.2 Å². The fourth-order valence-electron chi connectivity index (χ4n) is 1.60. The quantitative estimate of drug-likeness (QED) is 0.594. The van der Waals surface area contributed by atoms with Crippen molar-refractivity contribution in [3.8, 4) is 0 Å². The van der Waals surface area contributed by atoms with Crippen molar-refractivity contribution in [2.45, 2.75) is 37.6 Å². The summed E-state index contributed by atoms with van der Waals surface area (Å²) in [5.74, 6) is 0. The van der Waals surface area contributed by atoms with Gasteiger partial charge in [0, 0.05) is 14.2 Å². The molecule has 1 aliphatic rings. The molecule has 0 aromatic heterocycles. The molecule has 78 valence electrons. The first-order valence-corrected chi connectivity index (χ1v) is 4.19. The summed E-state index contributed by atoms with van der Waals surface area (Å²) in [6.07, 6.45) is -3.47. The molecule has 0 radical (unpaired) electrons. The Kier molecular flexibility index (Phi) is 3.63. The standard InChI is InChI=1S/C8H16O5/c1-4-6(11-2)7(12-3)5(9)8(10)13-4/h4-10H,1-3H3/t4-,5-,6-,7+,8?/m1/s1. The molecule has 0 aromatic rings. The van der Waals surface area contributed by atoms with Gasteiger partial charge in [-0.15, -0.1) is 0 Å². The number of hydrogen-bond donors (Lipinski definition) is 2. The van der Waals surface area contributed by atoms with Crippen LogP contribution < -0.4 is 0 Å². The van der Waals surface area contributed by atoms with E-state index in [1.807, 2.05) is 0 Å². The molecule has 1 aliphatic heterocycles. The predicted molar refractivity (Wildman–Crippen MR) is 44.2 cm³/mol. The molecule has 13 heavy (non-hydrogen) atoms. The van der Waals surface area contributed by atoms with Crippen molar-refractivity contribution in [2.24, 2.45) is 0 Å². The lowest BCUT2D eigenvalue weighted by molar-refractivity contribution is -0.286. The Hall–Kier alpha value is -0.200. The number of ether oxygens (including phenoxy) is 3. The Morgan fingerprint density at radius 3 is 2.08 bits per heavy atom. The fourth-order valence-corrected chi connectivity index (χ4v) is 1.60. The minimum Gasteiger partial charge on any atom is -0.385 e. The molecule has 0 aromatic carbocycles.